The summed E-state index contributed by atoms with van der Waals surface area (Å²) in [5.41, 5.74) is 3.01. The second kappa shape index (κ2) is 6.31. The zero-order valence-corrected chi connectivity index (χ0v) is 12.7. The van der Waals surface area contributed by atoms with Gasteiger partial charge in [0.2, 0.25) is 0 Å². The molecule has 0 aliphatic rings. The van der Waals surface area contributed by atoms with Crippen molar-refractivity contribution in [3.63, 3.8) is 0 Å². The standard InChI is InChI=1S/C16H17BrFN/c1-3-11-7-9-12(10-8-11)16(19-2)13-5-4-6-14(17)15(13)18/h4-10,16,19H,3H2,1-2H3. The molecule has 19 heavy (non-hydrogen) atoms. The van der Waals surface area contributed by atoms with Crippen LogP contribution in [0.3, 0.4) is 0 Å². The van der Waals surface area contributed by atoms with Crippen molar-refractivity contribution in [1.29, 1.82) is 0 Å². The lowest BCUT2D eigenvalue weighted by Gasteiger charge is -2.18. The smallest absolute Gasteiger partial charge is 0.142 e. The van der Waals surface area contributed by atoms with Gasteiger partial charge >= 0.3 is 0 Å². The first-order valence-electron chi connectivity index (χ1n) is 6.37. The Kier molecular flexibility index (Phi) is 4.72. The third kappa shape index (κ3) is 3.04. The SMILES string of the molecule is CCc1ccc(C(NC)c2cccc(Br)c2F)cc1. The van der Waals surface area contributed by atoms with E-state index in [1.165, 1.54) is 5.56 Å². The summed E-state index contributed by atoms with van der Waals surface area (Å²) in [6.45, 7) is 2.12. The Bertz CT molecular complexity index is 551. The van der Waals surface area contributed by atoms with E-state index < -0.39 is 0 Å². The summed E-state index contributed by atoms with van der Waals surface area (Å²) >= 11 is 3.24. The van der Waals surface area contributed by atoms with Crippen molar-refractivity contribution in [1.82, 2.24) is 5.32 Å². The topological polar surface area (TPSA) is 12.0 Å². The van der Waals surface area contributed by atoms with Gasteiger partial charge in [0, 0.05) is 5.56 Å². The fourth-order valence-electron chi connectivity index (χ4n) is 2.19. The number of hydrogen-bond acceptors (Lipinski definition) is 1. The molecule has 0 spiro atoms. The van der Waals surface area contributed by atoms with Crippen LogP contribution in [0.25, 0.3) is 0 Å². The molecule has 2 rings (SSSR count). The van der Waals surface area contributed by atoms with Crippen LogP contribution in [0.15, 0.2) is 46.9 Å². The van der Waals surface area contributed by atoms with E-state index in [2.05, 4.69) is 52.4 Å². The average Bonchev–Trinajstić information content (AvgIpc) is 2.45. The van der Waals surface area contributed by atoms with Gasteiger partial charge < -0.3 is 5.32 Å². The maximum Gasteiger partial charge on any atom is 0.142 e. The Balaban J connectivity index is 2.40. The summed E-state index contributed by atoms with van der Waals surface area (Å²) in [4.78, 5) is 0. The number of rotatable bonds is 4. The third-order valence-electron chi connectivity index (χ3n) is 3.30. The van der Waals surface area contributed by atoms with Gasteiger partial charge in [-0.15, -0.1) is 0 Å². The molecule has 0 aliphatic heterocycles. The van der Waals surface area contributed by atoms with Crippen LogP contribution in [0.1, 0.15) is 29.7 Å². The fraction of sp³-hybridized carbons (Fsp3) is 0.250. The van der Waals surface area contributed by atoms with Crippen molar-refractivity contribution in [2.75, 3.05) is 7.05 Å². The van der Waals surface area contributed by atoms with Crippen LogP contribution < -0.4 is 5.32 Å². The molecular weight excluding hydrogens is 305 g/mol. The van der Waals surface area contributed by atoms with Gasteiger partial charge in [0.1, 0.15) is 5.82 Å². The number of halogens is 2. The molecule has 1 N–H and O–H groups in total. The van der Waals surface area contributed by atoms with Gasteiger partial charge in [-0.25, -0.2) is 4.39 Å². The zero-order chi connectivity index (χ0) is 13.8. The molecule has 0 saturated carbocycles. The van der Waals surface area contributed by atoms with Crippen LogP contribution in [0.2, 0.25) is 0 Å². The Morgan fingerprint density at radius 2 is 1.84 bits per heavy atom. The van der Waals surface area contributed by atoms with E-state index in [0.717, 1.165) is 12.0 Å². The van der Waals surface area contributed by atoms with Crippen LogP contribution in [-0.4, -0.2) is 7.05 Å². The second-order valence-electron chi connectivity index (χ2n) is 4.46. The molecule has 3 heteroatoms. The molecule has 2 aromatic carbocycles. The van der Waals surface area contributed by atoms with E-state index in [0.29, 0.717) is 10.0 Å². The molecule has 1 nitrogen and oxygen atoms in total. The van der Waals surface area contributed by atoms with Crippen LogP contribution >= 0.6 is 15.9 Å². The second-order valence-corrected chi connectivity index (χ2v) is 5.31. The molecule has 0 aliphatic carbocycles. The predicted molar refractivity (Wildman–Crippen MR) is 80.8 cm³/mol. The molecule has 0 fully saturated rings. The van der Waals surface area contributed by atoms with Crippen molar-refractivity contribution in [3.05, 3.63) is 69.4 Å². The van der Waals surface area contributed by atoms with Crippen LogP contribution in [0.5, 0.6) is 0 Å². The lowest BCUT2D eigenvalue weighted by molar-refractivity contribution is 0.571. The molecule has 1 unspecified atom stereocenters. The number of aryl methyl sites for hydroxylation is 1. The van der Waals surface area contributed by atoms with Crippen molar-refractivity contribution in [2.24, 2.45) is 0 Å². The van der Waals surface area contributed by atoms with Crippen molar-refractivity contribution < 1.29 is 4.39 Å². The summed E-state index contributed by atoms with van der Waals surface area (Å²) in [5, 5.41) is 3.18. The summed E-state index contributed by atoms with van der Waals surface area (Å²) < 4.78 is 14.7. The first-order chi connectivity index (χ1) is 9.17. The number of benzene rings is 2. The maximum absolute atomic E-state index is 14.2. The summed E-state index contributed by atoms with van der Waals surface area (Å²) in [7, 11) is 1.85. The summed E-state index contributed by atoms with van der Waals surface area (Å²) in [5.74, 6) is -0.207. The lowest BCUT2D eigenvalue weighted by Crippen LogP contribution is -2.19. The Hall–Kier alpha value is -1.19. The van der Waals surface area contributed by atoms with Crippen molar-refractivity contribution in [2.45, 2.75) is 19.4 Å². The highest BCUT2D eigenvalue weighted by Gasteiger charge is 2.17. The molecular formula is C16H17BrFN. The van der Waals surface area contributed by atoms with E-state index in [4.69, 9.17) is 0 Å². The largest absolute Gasteiger partial charge is 0.309 e. The van der Waals surface area contributed by atoms with E-state index in [1.54, 1.807) is 6.07 Å². The average molecular weight is 322 g/mol. The minimum absolute atomic E-state index is 0.136. The van der Waals surface area contributed by atoms with Crippen molar-refractivity contribution in [3.8, 4) is 0 Å². The van der Waals surface area contributed by atoms with Gasteiger partial charge in [-0.05, 0) is 46.6 Å². The lowest BCUT2D eigenvalue weighted by atomic mass is 9.97. The number of hydrogen-bond donors (Lipinski definition) is 1. The normalized spacial score (nSPS) is 12.4. The van der Waals surface area contributed by atoms with Gasteiger partial charge in [-0.1, -0.05) is 43.3 Å². The monoisotopic (exact) mass is 321 g/mol. The molecule has 0 radical (unpaired) electrons. The Morgan fingerprint density at radius 1 is 1.16 bits per heavy atom. The van der Waals surface area contributed by atoms with Gasteiger partial charge in [-0.3, -0.25) is 0 Å². The quantitative estimate of drug-likeness (QED) is 0.876. The molecule has 0 bridgehead atoms. The number of nitrogens with one attached hydrogen (secondary N) is 1. The molecule has 1 atom stereocenters. The maximum atomic E-state index is 14.2. The summed E-state index contributed by atoms with van der Waals surface area (Å²) in [6, 6.07) is 13.5. The van der Waals surface area contributed by atoms with Gasteiger partial charge in [0.05, 0.1) is 10.5 Å². The first kappa shape index (κ1) is 14.2. The highest BCUT2D eigenvalue weighted by Crippen LogP contribution is 2.28. The minimum atomic E-state index is -0.207. The Labute approximate surface area is 122 Å². The molecule has 100 valence electrons. The van der Waals surface area contributed by atoms with Gasteiger partial charge in [0.25, 0.3) is 0 Å². The minimum Gasteiger partial charge on any atom is -0.309 e. The fourth-order valence-corrected chi connectivity index (χ4v) is 2.57. The molecule has 2 aromatic rings. The molecule has 0 saturated heterocycles. The third-order valence-corrected chi connectivity index (χ3v) is 3.91. The van der Waals surface area contributed by atoms with Crippen LogP contribution in [0.4, 0.5) is 4.39 Å². The van der Waals surface area contributed by atoms with Crippen LogP contribution in [-0.2, 0) is 6.42 Å². The molecule has 0 amide bonds. The Morgan fingerprint density at radius 3 is 2.42 bits per heavy atom. The predicted octanol–water partition coefficient (Wildman–Crippen LogP) is 4.46. The molecule has 0 heterocycles. The highest BCUT2D eigenvalue weighted by molar-refractivity contribution is 9.10. The van der Waals surface area contributed by atoms with E-state index in [9.17, 15) is 4.39 Å². The molecule has 0 aromatic heterocycles. The van der Waals surface area contributed by atoms with E-state index in [-0.39, 0.29) is 11.9 Å². The summed E-state index contributed by atoms with van der Waals surface area (Å²) in [6.07, 6.45) is 1.01. The zero-order valence-electron chi connectivity index (χ0n) is 11.1. The van der Waals surface area contributed by atoms with Gasteiger partial charge in [-0.2, -0.15) is 0 Å². The van der Waals surface area contributed by atoms with E-state index >= 15 is 0 Å². The first-order valence-corrected chi connectivity index (χ1v) is 7.16. The highest BCUT2D eigenvalue weighted by atomic mass is 79.9. The van der Waals surface area contributed by atoms with E-state index in [1.807, 2.05) is 19.2 Å². The van der Waals surface area contributed by atoms with Crippen LogP contribution in [0, 0.1) is 5.82 Å². The van der Waals surface area contributed by atoms with Gasteiger partial charge in [0.15, 0.2) is 0 Å². The van der Waals surface area contributed by atoms with Crippen molar-refractivity contribution >= 4 is 15.9 Å².